The maximum atomic E-state index is 10.7. The monoisotopic (exact) mass is 228 g/mol. The van der Waals surface area contributed by atoms with Gasteiger partial charge in [0, 0.05) is 6.08 Å². The van der Waals surface area contributed by atoms with Crippen LogP contribution >= 0.6 is 12.2 Å². The van der Waals surface area contributed by atoms with Crippen molar-refractivity contribution in [2.24, 2.45) is 0 Å². The minimum absolute atomic E-state index is 0.00379. The molecule has 8 heteroatoms. The number of rotatable bonds is 2. The van der Waals surface area contributed by atoms with Crippen molar-refractivity contribution in [1.29, 1.82) is 0 Å². The first-order chi connectivity index (χ1) is 7.11. The number of fused-ring (bicyclic) bond motifs is 1. The number of carboxylic acids is 1. The Hall–Kier alpha value is -1.64. The van der Waals surface area contributed by atoms with Crippen molar-refractivity contribution in [3.8, 4) is 0 Å². The Morgan fingerprint density at radius 1 is 1.60 bits per heavy atom. The fraction of sp³-hybridized carbons (Fsp3) is 0.143. The molecule has 0 aromatic heterocycles. The van der Waals surface area contributed by atoms with Crippen molar-refractivity contribution >= 4 is 23.2 Å². The minimum atomic E-state index is -1.08. The summed E-state index contributed by atoms with van der Waals surface area (Å²) in [6.07, 6.45) is 2.84. The fourth-order valence-electron chi connectivity index (χ4n) is 1.22. The third-order valence-electron chi connectivity index (χ3n) is 1.88. The number of thiocarbonyl (C=S) groups is 1. The van der Waals surface area contributed by atoms with Gasteiger partial charge in [-0.05, 0) is 0 Å². The maximum absolute atomic E-state index is 10.7. The van der Waals surface area contributed by atoms with Gasteiger partial charge in [0.05, 0.1) is 6.20 Å². The molecule has 2 aliphatic rings. The number of hydrogen-bond donors (Lipinski definition) is 4. The standard InChI is InChI=1S/C7H8N4O3S/c12-3-10-2-5-8-4(7(13)14)1-6(15)11(5)9-10/h1-2,8-9,12H,3H2,(H,13,14). The minimum Gasteiger partial charge on any atom is -0.477 e. The largest absolute Gasteiger partial charge is 0.477 e. The number of aliphatic hydroxyl groups is 1. The van der Waals surface area contributed by atoms with E-state index in [-0.39, 0.29) is 12.4 Å². The summed E-state index contributed by atoms with van der Waals surface area (Å²) in [4.78, 5) is 11.0. The summed E-state index contributed by atoms with van der Waals surface area (Å²) in [6.45, 7) is -0.243. The van der Waals surface area contributed by atoms with Gasteiger partial charge in [-0.1, -0.05) is 12.2 Å². The third-order valence-corrected chi connectivity index (χ3v) is 2.18. The van der Waals surface area contributed by atoms with Gasteiger partial charge in [-0.3, -0.25) is 5.01 Å². The van der Waals surface area contributed by atoms with Crippen molar-refractivity contribution in [2.75, 3.05) is 6.73 Å². The van der Waals surface area contributed by atoms with Crippen LogP contribution in [-0.4, -0.2) is 37.9 Å². The zero-order valence-corrected chi connectivity index (χ0v) is 8.28. The lowest BCUT2D eigenvalue weighted by molar-refractivity contribution is -0.133. The second kappa shape index (κ2) is 3.50. The number of hydrazine groups is 2. The number of hydrogen-bond acceptors (Lipinski definition) is 6. The second-order valence-corrected chi connectivity index (χ2v) is 3.31. The molecule has 0 amide bonds. The van der Waals surface area contributed by atoms with E-state index in [9.17, 15) is 4.79 Å². The summed E-state index contributed by atoms with van der Waals surface area (Å²) in [6, 6.07) is 0. The molecule has 0 saturated heterocycles. The van der Waals surface area contributed by atoms with E-state index in [2.05, 4.69) is 10.9 Å². The van der Waals surface area contributed by atoms with Crippen molar-refractivity contribution < 1.29 is 15.0 Å². The molecular weight excluding hydrogens is 220 g/mol. The van der Waals surface area contributed by atoms with E-state index in [0.29, 0.717) is 10.8 Å². The lowest BCUT2D eigenvalue weighted by atomic mass is 10.3. The number of nitrogens with zero attached hydrogens (tertiary/aromatic N) is 2. The van der Waals surface area contributed by atoms with Crippen LogP contribution in [0.5, 0.6) is 0 Å². The Bertz CT molecular complexity index is 392. The quantitative estimate of drug-likeness (QED) is 0.432. The van der Waals surface area contributed by atoms with Gasteiger partial charge in [-0.15, -0.1) is 5.53 Å². The van der Waals surface area contributed by atoms with Crippen LogP contribution < -0.4 is 10.9 Å². The van der Waals surface area contributed by atoms with Crippen LogP contribution in [0.15, 0.2) is 23.8 Å². The average Bonchev–Trinajstić information content (AvgIpc) is 2.61. The van der Waals surface area contributed by atoms with Gasteiger partial charge in [0.2, 0.25) is 0 Å². The highest BCUT2D eigenvalue weighted by Crippen LogP contribution is 2.16. The molecule has 2 aliphatic heterocycles. The van der Waals surface area contributed by atoms with Crippen molar-refractivity contribution in [3.63, 3.8) is 0 Å². The van der Waals surface area contributed by atoms with Gasteiger partial charge in [0.15, 0.2) is 0 Å². The zero-order chi connectivity index (χ0) is 11.0. The van der Waals surface area contributed by atoms with Gasteiger partial charge in [-0.25, -0.2) is 9.80 Å². The third kappa shape index (κ3) is 1.65. The van der Waals surface area contributed by atoms with E-state index < -0.39 is 5.97 Å². The summed E-state index contributed by atoms with van der Waals surface area (Å²) in [5.74, 6) is -0.616. The van der Waals surface area contributed by atoms with Gasteiger partial charge < -0.3 is 15.5 Å². The summed E-state index contributed by atoms with van der Waals surface area (Å²) in [5, 5.41) is 23.1. The van der Waals surface area contributed by atoms with E-state index in [1.54, 1.807) is 0 Å². The molecule has 4 N–H and O–H groups in total. The SMILES string of the molecule is O=C(O)C1=CC(=S)N2NN(CO)C=C2N1. The molecule has 0 spiro atoms. The highest BCUT2D eigenvalue weighted by atomic mass is 32.1. The lowest BCUT2D eigenvalue weighted by Gasteiger charge is -2.26. The topological polar surface area (TPSA) is 88.1 Å². The van der Waals surface area contributed by atoms with Crippen molar-refractivity contribution in [3.05, 3.63) is 23.8 Å². The van der Waals surface area contributed by atoms with Crippen LogP contribution in [0, 0.1) is 0 Å². The Balaban J connectivity index is 2.26. The Kier molecular flexibility index (Phi) is 2.31. The molecule has 0 unspecified atom stereocenters. The molecule has 7 nitrogen and oxygen atoms in total. The maximum Gasteiger partial charge on any atom is 0.352 e. The molecule has 2 heterocycles. The molecule has 0 fully saturated rings. The average molecular weight is 228 g/mol. The number of nitrogens with one attached hydrogen (secondary N) is 2. The summed E-state index contributed by atoms with van der Waals surface area (Å²) in [5.41, 5.74) is 2.74. The molecular formula is C7H8N4O3S. The molecule has 0 aromatic carbocycles. The molecule has 0 radical (unpaired) electrons. The number of carboxylic acid groups (broad SMARTS) is 1. The van der Waals surface area contributed by atoms with E-state index in [4.69, 9.17) is 22.4 Å². The predicted molar refractivity (Wildman–Crippen MR) is 53.4 cm³/mol. The van der Waals surface area contributed by atoms with Crippen LogP contribution in [0.1, 0.15) is 0 Å². The first kappa shape index (κ1) is 9.90. The fourth-order valence-corrected chi connectivity index (χ4v) is 1.48. The van der Waals surface area contributed by atoms with E-state index in [1.807, 2.05) is 0 Å². The molecule has 0 atom stereocenters. The molecule has 0 bridgehead atoms. The molecule has 2 rings (SSSR count). The van der Waals surface area contributed by atoms with Gasteiger partial charge >= 0.3 is 5.97 Å². The van der Waals surface area contributed by atoms with E-state index >= 15 is 0 Å². The van der Waals surface area contributed by atoms with Crippen LogP contribution in [0.3, 0.4) is 0 Å². The number of carbonyl (C=O) groups is 1. The summed E-state index contributed by atoms with van der Waals surface area (Å²) < 4.78 is 0. The van der Waals surface area contributed by atoms with Crippen LogP contribution in [0.4, 0.5) is 0 Å². The Morgan fingerprint density at radius 3 is 2.93 bits per heavy atom. The molecule has 15 heavy (non-hydrogen) atoms. The number of aliphatic hydroxyl groups excluding tert-OH is 1. The van der Waals surface area contributed by atoms with Gasteiger partial charge in [0.1, 0.15) is 23.2 Å². The van der Waals surface area contributed by atoms with Gasteiger partial charge in [0.25, 0.3) is 0 Å². The first-order valence-corrected chi connectivity index (χ1v) is 4.44. The lowest BCUT2D eigenvalue weighted by Crippen LogP contribution is -2.48. The molecule has 0 aromatic rings. The number of aliphatic carboxylic acids is 1. The predicted octanol–water partition coefficient (Wildman–Crippen LogP) is -1.33. The summed E-state index contributed by atoms with van der Waals surface area (Å²) >= 11 is 4.98. The van der Waals surface area contributed by atoms with Crippen LogP contribution in [-0.2, 0) is 4.79 Å². The Morgan fingerprint density at radius 2 is 2.33 bits per heavy atom. The Labute approximate surface area is 90.2 Å². The normalized spacial score (nSPS) is 19.4. The van der Waals surface area contributed by atoms with E-state index in [1.165, 1.54) is 22.3 Å². The highest BCUT2D eigenvalue weighted by molar-refractivity contribution is 7.80. The van der Waals surface area contributed by atoms with E-state index in [0.717, 1.165) is 0 Å². The molecule has 80 valence electrons. The van der Waals surface area contributed by atoms with Crippen molar-refractivity contribution in [1.82, 2.24) is 20.9 Å². The summed E-state index contributed by atoms with van der Waals surface area (Å²) in [7, 11) is 0. The first-order valence-electron chi connectivity index (χ1n) is 4.03. The highest BCUT2D eigenvalue weighted by Gasteiger charge is 2.29. The smallest absolute Gasteiger partial charge is 0.352 e. The van der Waals surface area contributed by atoms with Crippen LogP contribution in [0.25, 0.3) is 0 Å². The van der Waals surface area contributed by atoms with Crippen LogP contribution in [0.2, 0.25) is 0 Å². The molecule has 0 aliphatic carbocycles. The molecule has 0 saturated carbocycles. The van der Waals surface area contributed by atoms with Gasteiger partial charge in [-0.2, -0.15) is 0 Å². The second-order valence-electron chi connectivity index (χ2n) is 2.89. The van der Waals surface area contributed by atoms with Crippen molar-refractivity contribution in [2.45, 2.75) is 0 Å². The zero-order valence-electron chi connectivity index (χ0n) is 7.47.